The van der Waals surface area contributed by atoms with E-state index in [1.54, 1.807) is 18.2 Å². The molecule has 5 nitrogen and oxygen atoms in total. The van der Waals surface area contributed by atoms with Gasteiger partial charge < -0.3 is 14.8 Å². The molecule has 1 N–H and O–H groups in total. The highest BCUT2D eigenvalue weighted by atomic mass is 35.5. The Hall–Kier alpha value is -2.53. The van der Waals surface area contributed by atoms with Crippen LogP contribution < -0.4 is 10.1 Å². The number of rotatable bonds is 8. The molecule has 0 unspecified atom stereocenters. The topological polar surface area (TPSA) is 64.6 Å². The Morgan fingerprint density at radius 3 is 2.56 bits per heavy atom. The Kier molecular flexibility index (Phi) is 7.29. The fraction of sp³-hybridized carbons (Fsp3) is 0.263. The molecule has 0 heterocycles. The van der Waals surface area contributed by atoms with Crippen molar-refractivity contribution in [2.75, 3.05) is 19.8 Å². The largest absolute Gasteiger partial charge is 0.482 e. The summed E-state index contributed by atoms with van der Waals surface area (Å²) in [4.78, 5) is 23.3. The molecular formula is C19H20ClNO4. The highest BCUT2D eigenvalue weighted by molar-refractivity contribution is 6.30. The zero-order valence-corrected chi connectivity index (χ0v) is 14.7. The molecule has 0 aliphatic rings. The van der Waals surface area contributed by atoms with Gasteiger partial charge in [-0.2, -0.15) is 0 Å². The van der Waals surface area contributed by atoms with Crippen molar-refractivity contribution in [2.24, 2.45) is 0 Å². The van der Waals surface area contributed by atoms with Crippen LogP contribution in [0.2, 0.25) is 5.02 Å². The normalized spacial score (nSPS) is 10.2. The third-order valence-electron chi connectivity index (χ3n) is 3.43. The highest BCUT2D eigenvalue weighted by Gasteiger charge is 2.09. The maximum atomic E-state index is 11.7. The van der Waals surface area contributed by atoms with Gasteiger partial charge in [0.2, 0.25) is 0 Å². The van der Waals surface area contributed by atoms with Gasteiger partial charge in [-0.15, -0.1) is 0 Å². The second kappa shape index (κ2) is 9.69. The number of carbonyl (C=O) groups excluding carboxylic acids is 2. The third kappa shape index (κ3) is 6.85. The molecule has 0 saturated carbocycles. The van der Waals surface area contributed by atoms with E-state index >= 15 is 0 Å². The minimum atomic E-state index is -0.604. The van der Waals surface area contributed by atoms with Crippen LogP contribution in [0.5, 0.6) is 5.75 Å². The number of amides is 1. The fourth-order valence-corrected chi connectivity index (χ4v) is 2.37. The van der Waals surface area contributed by atoms with Crippen molar-refractivity contribution >= 4 is 23.5 Å². The van der Waals surface area contributed by atoms with Gasteiger partial charge in [0.1, 0.15) is 5.75 Å². The molecule has 0 fully saturated rings. The monoisotopic (exact) mass is 361 g/mol. The van der Waals surface area contributed by atoms with Crippen LogP contribution in [0.3, 0.4) is 0 Å². The van der Waals surface area contributed by atoms with Gasteiger partial charge in [0.25, 0.3) is 5.91 Å². The van der Waals surface area contributed by atoms with E-state index in [1.165, 1.54) is 0 Å². The van der Waals surface area contributed by atoms with Crippen molar-refractivity contribution < 1.29 is 19.1 Å². The van der Waals surface area contributed by atoms with Gasteiger partial charge >= 0.3 is 5.97 Å². The van der Waals surface area contributed by atoms with Crippen molar-refractivity contribution in [1.29, 1.82) is 0 Å². The van der Waals surface area contributed by atoms with E-state index < -0.39 is 5.97 Å². The Morgan fingerprint density at radius 1 is 1.08 bits per heavy atom. The van der Waals surface area contributed by atoms with Gasteiger partial charge in [-0.3, -0.25) is 4.79 Å². The minimum Gasteiger partial charge on any atom is -0.482 e. The Bertz CT molecular complexity index is 719. The molecule has 25 heavy (non-hydrogen) atoms. The first kappa shape index (κ1) is 18.8. The Balaban J connectivity index is 1.63. The van der Waals surface area contributed by atoms with Gasteiger partial charge in [0.15, 0.2) is 13.2 Å². The first-order chi connectivity index (χ1) is 12.0. The molecule has 0 aromatic heterocycles. The maximum Gasteiger partial charge on any atom is 0.344 e. The first-order valence-electron chi connectivity index (χ1n) is 7.90. The van der Waals surface area contributed by atoms with Crippen LogP contribution in [-0.4, -0.2) is 31.6 Å². The van der Waals surface area contributed by atoms with Crippen LogP contribution in [0, 0.1) is 6.92 Å². The molecule has 0 saturated heterocycles. The average molecular weight is 362 g/mol. The zero-order chi connectivity index (χ0) is 18.1. The predicted molar refractivity (Wildman–Crippen MR) is 95.8 cm³/mol. The Labute approximate surface area is 151 Å². The number of hydrogen-bond acceptors (Lipinski definition) is 4. The van der Waals surface area contributed by atoms with Crippen molar-refractivity contribution in [1.82, 2.24) is 5.32 Å². The molecule has 2 aromatic rings. The maximum absolute atomic E-state index is 11.7. The van der Waals surface area contributed by atoms with Gasteiger partial charge in [-0.1, -0.05) is 41.9 Å². The van der Waals surface area contributed by atoms with Gasteiger partial charge in [-0.25, -0.2) is 4.79 Å². The highest BCUT2D eigenvalue weighted by Crippen LogP contribution is 2.21. The molecule has 2 rings (SSSR count). The lowest BCUT2D eigenvalue weighted by Gasteiger charge is -2.09. The molecule has 0 atom stereocenters. The number of aryl methyl sites for hydroxylation is 1. The molecule has 1 amide bonds. The van der Waals surface area contributed by atoms with Crippen LogP contribution in [0.4, 0.5) is 0 Å². The molecule has 0 radical (unpaired) electrons. The van der Waals surface area contributed by atoms with Crippen molar-refractivity contribution in [3.63, 3.8) is 0 Å². The van der Waals surface area contributed by atoms with E-state index in [1.807, 2.05) is 37.3 Å². The summed E-state index contributed by atoms with van der Waals surface area (Å²) in [7, 11) is 0. The molecule has 6 heteroatoms. The van der Waals surface area contributed by atoms with Crippen LogP contribution >= 0.6 is 11.6 Å². The number of benzene rings is 2. The number of halogens is 1. The SMILES string of the molecule is Cc1cc(Cl)ccc1OCC(=O)OCC(=O)NCCc1ccccc1. The summed E-state index contributed by atoms with van der Waals surface area (Å²) in [6.07, 6.45) is 0.722. The van der Waals surface area contributed by atoms with E-state index in [0.29, 0.717) is 17.3 Å². The molecule has 2 aromatic carbocycles. The number of ether oxygens (including phenoxy) is 2. The quantitative estimate of drug-likeness (QED) is 0.734. The minimum absolute atomic E-state index is 0.264. The van der Waals surface area contributed by atoms with Gasteiger partial charge in [0, 0.05) is 11.6 Å². The summed E-state index contributed by atoms with van der Waals surface area (Å²) in [6, 6.07) is 14.9. The number of carbonyl (C=O) groups is 2. The van der Waals surface area contributed by atoms with E-state index in [-0.39, 0.29) is 19.1 Å². The Morgan fingerprint density at radius 2 is 1.84 bits per heavy atom. The standard InChI is InChI=1S/C19H20ClNO4/c1-14-11-16(20)7-8-17(14)24-13-19(23)25-12-18(22)21-10-9-15-5-3-2-4-6-15/h2-8,11H,9-10,12-13H2,1H3,(H,21,22). The average Bonchev–Trinajstić information content (AvgIpc) is 2.60. The lowest BCUT2D eigenvalue weighted by atomic mass is 10.1. The molecule has 0 aliphatic heterocycles. The smallest absolute Gasteiger partial charge is 0.344 e. The van der Waals surface area contributed by atoms with E-state index in [2.05, 4.69) is 5.32 Å². The van der Waals surface area contributed by atoms with Crippen LogP contribution in [0.25, 0.3) is 0 Å². The molecule has 0 bridgehead atoms. The zero-order valence-electron chi connectivity index (χ0n) is 14.0. The summed E-state index contributed by atoms with van der Waals surface area (Å²) < 4.78 is 10.2. The lowest BCUT2D eigenvalue weighted by molar-refractivity contribution is -0.150. The van der Waals surface area contributed by atoms with Crippen molar-refractivity contribution in [3.8, 4) is 5.75 Å². The predicted octanol–water partition coefficient (Wildman–Crippen LogP) is 2.93. The second-order valence-electron chi connectivity index (χ2n) is 5.44. The number of nitrogens with one attached hydrogen (secondary N) is 1. The van der Waals surface area contributed by atoms with Crippen LogP contribution in [-0.2, 0) is 20.7 Å². The van der Waals surface area contributed by atoms with E-state index in [4.69, 9.17) is 21.1 Å². The summed E-state index contributed by atoms with van der Waals surface area (Å²) in [5.74, 6) is -0.395. The number of esters is 1. The first-order valence-corrected chi connectivity index (χ1v) is 8.27. The van der Waals surface area contributed by atoms with Crippen molar-refractivity contribution in [2.45, 2.75) is 13.3 Å². The summed E-state index contributed by atoms with van der Waals surface area (Å²) in [5.41, 5.74) is 1.95. The molecular weight excluding hydrogens is 342 g/mol. The van der Waals surface area contributed by atoms with Crippen LogP contribution in [0.15, 0.2) is 48.5 Å². The second-order valence-corrected chi connectivity index (χ2v) is 5.88. The van der Waals surface area contributed by atoms with Gasteiger partial charge in [-0.05, 0) is 42.7 Å². The van der Waals surface area contributed by atoms with E-state index in [0.717, 1.165) is 17.5 Å². The third-order valence-corrected chi connectivity index (χ3v) is 3.66. The summed E-state index contributed by atoms with van der Waals surface area (Å²) in [5, 5.41) is 3.30. The van der Waals surface area contributed by atoms with E-state index in [9.17, 15) is 9.59 Å². The molecule has 0 spiro atoms. The molecule has 132 valence electrons. The fourth-order valence-electron chi connectivity index (χ4n) is 2.14. The molecule has 0 aliphatic carbocycles. The number of hydrogen-bond donors (Lipinski definition) is 1. The summed E-state index contributed by atoms with van der Waals surface area (Å²) >= 11 is 5.85. The summed E-state index contributed by atoms with van der Waals surface area (Å²) in [6.45, 7) is 1.73. The van der Waals surface area contributed by atoms with Crippen LogP contribution in [0.1, 0.15) is 11.1 Å². The lowest BCUT2D eigenvalue weighted by Crippen LogP contribution is -2.31. The van der Waals surface area contributed by atoms with Crippen molar-refractivity contribution in [3.05, 3.63) is 64.7 Å². The van der Waals surface area contributed by atoms with Gasteiger partial charge in [0.05, 0.1) is 0 Å².